The second-order valence-electron chi connectivity index (χ2n) is 4.96. The van der Waals surface area contributed by atoms with Gasteiger partial charge in [-0.25, -0.2) is 4.98 Å². The molecule has 0 bridgehead atoms. The number of thiophene rings is 1. The van der Waals surface area contributed by atoms with E-state index in [1.54, 1.807) is 11.3 Å². The maximum atomic E-state index is 11.9. The summed E-state index contributed by atoms with van der Waals surface area (Å²) in [6.07, 6.45) is 2.73. The molecule has 1 fully saturated rings. The van der Waals surface area contributed by atoms with Crippen LogP contribution in [0, 0.1) is 5.92 Å². The first-order valence-electron chi connectivity index (χ1n) is 6.81. The van der Waals surface area contributed by atoms with Crippen molar-refractivity contribution < 1.29 is 4.79 Å². The Hall–Kier alpha value is -0.950. The molecule has 0 aliphatic carbocycles. The highest BCUT2D eigenvalue weighted by molar-refractivity contribution is 7.16. The van der Waals surface area contributed by atoms with Crippen molar-refractivity contribution in [2.75, 3.05) is 18.4 Å². The molecule has 1 saturated heterocycles. The first-order valence-corrected chi connectivity index (χ1v) is 8.57. The Morgan fingerprint density at radius 1 is 1.48 bits per heavy atom. The number of hydrogen-bond acceptors (Lipinski definition) is 5. The van der Waals surface area contributed by atoms with Crippen molar-refractivity contribution in [1.29, 1.82) is 0 Å². The lowest BCUT2D eigenvalue weighted by molar-refractivity contribution is -0.116. The molecule has 2 N–H and O–H groups in total. The minimum atomic E-state index is 0. The number of aromatic nitrogens is 1. The van der Waals surface area contributed by atoms with E-state index in [1.165, 1.54) is 17.8 Å². The van der Waals surface area contributed by atoms with Gasteiger partial charge in [0, 0.05) is 11.8 Å². The number of hydrogen-bond donors (Lipinski definition) is 2. The van der Waals surface area contributed by atoms with Crippen LogP contribution in [-0.2, 0) is 4.79 Å². The van der Waals surface area contributed by atoms with Crippen molar-refractivity contribution >= 4 is 46.1 Å². The molecule has 7 heteroatoms. The van der Waals surface area contributed by atoms with Crippen LogP contribution in [0.4, 0.5) is 5.13 Å². The number of carbonyl (C=O) groups excluding carboxylic acids is 1. The lowest BCUT2D eigenvalue weighted by Crippen LogP contribution is -2.14. The number of anilines is 1. The predicted octanol–water partition coefficient (Wildman–Crippen LogP) is 3.62. The largest absolute Gasteiger partial charge is 0.316 e. The predicted molar refractivity (Wildman–Crippen MR) is 91.5 cm³/mol. The maximum absolute atomic E-state index is 11.9. The molecule has 1 aliphatic heterocycles. The Balaban J connectivity index is 0.00000161. The van der Waals surface area contributed by atoms with Gasteiger partial charge in [0.25, 0.3) is 0 Å². The van der Waals surface area contributed by atoms with Crippen LogP contribution in [0.2, 0.25) is 0 Å². The summed E-state index contributed by atoms with van der Waals surface area (Å²) in [6, 6.07) is 4.05. The van der Waals surface area contributed by atoms with Crippen molar-refractivity contribution in [1.82, 2.24) is 10.3 Å². The lowest BCUT2D eigenvalue weighted by atomic mass is 10.0. The first-order chi connectivity index (χ1) is 9.81. The molecule has 2 aromatic rings. The van der Waals surface area contributed by atoms with E-state index in [1.807, 2.05) is 22.9 Å². The molecule has 3 rings (SSSR count). The second kappa shape index (κ2) is 7.89. The molecule has 2 aromatic heterocycles. The van der Waals surface area contributed by atoms with Gasteiger partial charge in [-0.2, -0.15) is 0 Å². The molecule has 1 unspecified atom stereocenters. The van der Waals surface area contributed by atoms with Gasteiger partial charge in [-0.05, 0) is 43.3 Å². The van der Waals surface area contributed by atoms with Crippen molar-refractivity contribution in [3.05, 3.63) is 22.9 Å². The topological polar surface area (TPSA) is 54.0 Å². The van der Waals surface area contributed by atoms with Crippen LogP contribution in [0.3, 0.4) is 0 Å². The SMILES string of the molecule is Cl.O=C(CCC1CCNC1)Nc1nc(-c2cccs2)cs1. The van der Waals surface area contributed by atoms with Crippen LogP contribution in [0.15, 0.2) is 22.9 Å². The van der Waals surface area contributed by atoms with Gasteiger partial charge in [-0.3, -0.25) is 4.79 Å². The van der Waals surface area contributed by atoms with Gasteiger partial charge < -0.3 is 10.6 Å². The van der Waals surface area contributed by atoms with Gasteiger partial charge in [0.05, 0.1) is 10.6 Å². The zero-order valence-electron chi connectivity index (χ0n) is 11.5. The Morgan fingerprint density at radius 2 is 2.38 bits per heavy atom. The van der Waals surface area contributed by atoms with E-state index in [0.717, 1.165) is 30.1 Å². The highest BCUT2D eigenvalue weighted by Crippen LogP contribution is 2.28. The number of nitrogens with one attached hydrogen (secondary N) is 2. The molecule has 0 radical (unpaired) electrons. The molecule has 114 valence electrons. The summed E-state index contributed by atoms with van der Waals surface area (Å²) < 4.78 is 0. The number of rotatable bonds is 5. The van der Waals surface area contributed by atoms with E-state index in [0.29, 0.717) is 17.5 Å². The van der Waals surface area contributed by atoms with Crippen LogP contribution in [0.5, 0.6) is 0 Å². The molecule has 1 aliphatic rings. The van der Waals surface area contributed by atoms with Crippen LogP contribution in [0.25, 0.3) is 10.6 Å². The molecular weight excluding hydrogens is 326 g/mol. The summed E-state index contributed by atoms with van der Waals surface area (Å²) in [5.74, 6) is 0.725. The minimum absolute atomic E-state index is 0. The maximum Gasteiger partial charge on any atom is 0.226 e. The van der Waals surface area contributed by atoms with Gasteiger partial charge in [0.2, 0.25) is 5.91 Å². The molecular formula is C14H18ClN3OS2. The Kier molecular flexibility index (Phi) is 6.17. The summed E-state index contributed by atoms with van der Waals surface area (Å²) in [5.41, 5.74) is 0.945. The van der Waals surface area contributed by atoms with E-state index in [-0.39, 0.29) is 18.3 Å². The molecule has 1 atom stereocenters. The van der Waals surface area contributed by atoms with Crippen molar-refractivity contribution in [3.8, 4) is 10.6 Å². The highest BCUT2D eigenvalue weighted by Gasteiger charge is 2.16. The summed E-state index contributed by atoms with van der Waals surface area (Å²) >= 11 is 3.15. The fraction of sp³-hybridized carbons (Fsp3) is 0.429. The van der Waals surface area contributed by atoms with E-state index >= 15 is 0 Å². The van der Waals surface area contributed by atoms with Crippen molar-refractivity contribution in [3.63, 3.8) is 0 Å². The average molecular weight is 344 g/mol. The molecule has 1 amide bonds. The molecule has 21 heavy (non-hydrogen) atoms. The molecule has 3 heterocycles. The second-order valence-corrected chi connectivity index (χ2v) is 6.77. The van der Waals surface area contributed by atoms with E-state index in [9.17, 15) is 4.79 Å². The van der Waals surface area contributed by atoms with Gasteiger partial charge in [-0.1, -0.05) is 6.07 Å². The summed E-state index contributed by atoms with van der Waals surface area (Å²) in [7, 11) is 0. The van der Waals surface area contributed by atoms with Crippen LogP contribution < -0.4 is 10.6 Å². The van der Waals surface area contributed by atoms with Gasteiger partial charge in [0.1, 0.15) is 0 Å². The third kappa shape index (κ3) is 4.51. The third-order valence-corrected chi connectivity index (χ3v) is 5.12. The van der Waals surface area contributed by atoms with E-state index < -0.39 is 0 Å². The number of amides is 1. The van der Waals surface area contributed by atoms with Gasteiger partial charge >= 0.3 is 0 Å². The number of halogens is 1. The molecule has 0 saturated carbocycles. The highest BCUT2D eigenvalue weighted by atomic mass is 35.5. The number of nitrogens with zero attached hydrogens (tertiary/aromatic N) is 1. The standard InChI is InChI=1S/C14H17N3OS2.ClH/c18-13(4-3-10-5-6-15-8-10)17-14-16-11(9-20-14)12-2-1-7-19-12;/h1-2,7,9-10,15H,3-6,8H2,(H,16,17,18);1H. The fourth-order valence-corrected chi connectivity index (χ4v) is 3.83. The number of carbonyl (C=O) groups is 1. The number of thiazole rings is 1. The van der Waals surface area contributed by atoms with Crippen LogP contribution in [0.1, 0.15) is 19.3 Å². The monoisotopic (exact) mass is 343 g/mol. The van der Waals surface area contributed by atoms with E-state index in [2.05, 4.69) is 15.6 Å². The van der Waals surface area contributed by atoms with Crippen molar-refractivity contribution in [2.45, 2.75) is 19.3 Å². The first kappa shape index (κ1) is 16.4. The molecule has 4 nitrogen and oxygen atoms in total. The smallest absolute Gasteiger partial charge is 0.226 e. The minimum Gasteiger partial charge on any atom is -0.316 e. The summed E-state index contributed by atoms with van der Waals surface area (Å²) in [4.78, 5) is 17.5. The zero-order valence-corrected chi connectivity index (χ0v) is 14.0. The average Bonchev–Trinajstić information content (AvgIpc) is 3.18. The van der Waals surface area contributed by atoms with Crippen LogP contribution in [-0.4, -0.2) is 24.0 Å². The van der Waals surface area contributed by atoms with Gasteiger partial charge in [-0.15, -0.1) is 35.1 Å². The zero-order chi connectivity index (χ0) is 13.8. The van der Waals surface area contributed by atoms with Crippen LogP contribution >= 0.6 is 35.1 Å². The summed E-state index contributed by atoms with van der Waals surface area (Å²) in [5, 5.41) is 10.9. The fourth-order valence-electron chi connectivity index (χ4n) is 2.35. The molecule has 0 spiro atoms. The Bertz CT molecular complexity index is 565. The van der Waals surface area contributed by atoms with Crippen molar-refractivity contribution in [2.24, 2.45) is 5.92 Å². The Morgan fingerprint density at radius 3 is 3.10 bits per heavy atom. The van der Waals surface area contributed by atoms with Gasteiger partial charge in [0.15, 0.2) is 5.13 Å². The lowest BCUT2D eigenvalue weighted by Gasteiger charge is -2.06. The van der Waals surface area contributed by atoms with E-state index in [4.69, 9.17) is 0 Å². The normalized spacial score (nSPS) is 17.4. The molecule has 0 aromatic carbocycles. The summed E-state index contributed by atoms with van der Waals surface area (Å²) in [6.45, 7) is 2.13. The third-order valence-electron chi connectivity index (χ3n) is 3.47. The Labute approximate surface area is 138 Å². The quantitative estimate of drug-likeness (QED) is 0.871.